The molecule has 0 aromatic carbocycles. The molecule has 0 spiro atoms. The van der Waals surface area contributed by atoms with E-state index in [1.165, 1.54) is 10.4 Å². The van der Waals surface area contributed by atoms with Crippen molar-refractivity contribution in [3.8, 4) is 0 Å². The zero-order valence-electron chi connectivity index (χ0n) is 9.70. The number of rotatable bonds is 3. The smallest absolute Gasteiger partial charge is 0.142 e. The quantitative estimate of drug-likeness (QED) is 0.913. The van der Waals surface area contributed by atoms with Crippen LogP contribution in [0.25, 0.3) is 10.2 Å². The van der Waals surface area contributed by atoms with E-state index >= 15 is 0 Å². The Labute approximate surface area is 103 Å². The van der Waals surface area contributed by atoms with Crippen molar-refractivity contribution in [2.45, 2.75) is 26.5 Å². The second-order valence-electron chi connectivity index (χ2n) is 3.63. The standard InChI is InChI=1S/C11H15N3S2/c1-4-15-5-8-13-10(12)9-6(2)7(3)16-11(9)14-8/h4-5H2,1-3H3,(H2,12,13,14). The fourth-order valence-electron chi connectivity index (χ4n) is 1.58. The summed E-state index contributed by atoms with van der Waals surface area (Å²) in [5, 5.41) is 1.03. The van der Waals surface area contributed by atoms with Gasteiger partial charge >= 0.3 is 0 Å². The highest BCUT2D eigenvalue weighted by atomic mass is 32.2. The minimum atomic E-state index is 0.624. The van der Waals surface area contributed by atoms with Crippen LogP contribution in [0.4, 0.5) is 5.82 Å². The maximum Gasteiger partial charge on any atom is 0.142 e. The molecule has 16 heavy (non-hydrogen) atoms. The van der Waals surface area contributed by atoms with Crippen molar-refractivity contribution in [2.24, 2.45) is 0 Å². The van der Waals surface area contributed by atoms with Gasteiger partial charge in [-0.15, -0.1) is 11.3 Å². The van der Waals surface area contributed by atoms with Gasteiger partial charge < -0.3 is 5.73 Å². The predicted molar refractivity (Wildman–Crippen MR) is 73.1 cm³/mol. The largest absolute Gasteiger partial charge is 0.383 e. The summed E-state index contributed by atoms with van der Waals surface area (Å²) in [4.78, 5) is 11.2. The lowest BCUT2D eigenvalue weighted by Gasteiger charge is -2.02. The van der Waals surface area contributed by atoms with E-state index in [1.807, 2.05) is 11.8 Å². The van der Waals surface area contributed by atoms with Gasteiger partial charge in [0.2, 0.25) is 0 Å². The number of hydrogen-bond donors (Lipinski definition) is 1. The van der Waals surface area contributed by atoms with Gasteiger partial charge in [-0.25, -0.2) is 9.97 Å². The SMILES string of the molecule is CCSCc1nc(N)c2c(C)c(C)sc2n1. The van der Waals surface area contributed by atoms with Gasteiger partial charge in [0.15, 0.2) is 0 Å². The van der Waals surface area contributed by atoms with Crippen LogP contribution in [0, 0.1) is 13.8 Å². The molecule has 0 fully saturated rings. The molecule has 2 heterocycles. The van der Waals surface area contributed by atoms with Crippen LogP contribution in [-0.2, 0) is 5.75 Å². The lowest BCUT2D eigenvalue weighted by molar-refractivity contribution is 1.08. The first kappa shape index (κ1) is 11.7. The molecule has 0 radical (unpaired) electrons. The first-order valence-electron chi connectivity index (χ1n) is 5.23. The van der Waals surface area contributed by atoms with E-state index in [2.05, 4.69) is 30.7 Å². The third kappa shape index (κ3) is 2.01. The van der Waals surface area contributed by atoms with E-state index in [0.717, 1.165) is 27.5 Å². The lowest BCUT2D eigenvalue weighted by atomic mass is 10.2. The Balaban J connectivity index is 2.51. The number of nitrogens with two attached hydrogens (primary N) is 1. The normalized spacial score (nSPS) is 11.2. The topological polar surface area (TPSA) is 51.8 Å². The number of nitrogens with zero attached hydrogens (tertiary/aromatic N) is 2. The molecule has 0 saturated heterocycles. The Morgan fingerprint density at radius 2 is 2.06 bits per heavy atom. The lowest BCUT2D eigenvalue weighted by Crippen LogP contribution is -1.99. The Bertz CT molecular complexity index is 519. The Morgan fingerprint density at radius 1 is 1.31 bits per heavy atom. The molecule has 0 atom stereocenters. The molecule has 0 saturated carbocycles. The second-order valence-corrected chi connectivity index (χ2v) is 6.10. The zero-order valence-corrected chi connectivity index (χ0v) is 11.3. The van der Waals surface area contributed by atoms with Crippen molar-refractivity contribution in [1.29, 1.82) is 0 Å². The van der Waals surface area contributed by atoms with E-state index in [4.69, 9.17) is 5.73 Å². The Morgan fingerprint density at radius 3 is 2.75 bits per heavy atom. The average Bonchev–Trinajstić information content (AvgIpc) is 2.52. The molecule has 0 aliphatic rings. The fraction of sp³-hybridized carbons (Fsp3) is 0.455. The number of aryl methyl sites for hydroxylation is 2. The van der Waals surface area contributed by atoms with Crippen molar-refractivity contribution in [3.05, 3.63) is 16.3 Å². The molecule has 0 bridgehead atoms. The monoisotopic (exact) mass is 253 g/mol. The molecule has 2 N–H and O–H groups in total. The van der Waals surface area contributed by atoms with Crippen LogP contribution < -0.4 is 5.73 Å². The van der Waals surface area contributed by atoms with Crippen LogP contribution >= 0.6 is 23.1 Å². The second kappa shape index (κ2) is 4.59. The van der Waals surface area contributed by atoms with Crippen molar-refractivity contribution < 1.29 is 0 Å². The molecular weight excluding hydrogens is 238 g/mol. The maximum absolute atomic E-state index is 5.99. The number of aromatic nitrogens is 2. The number of nitrogen functional groups attached to an aromatic ring is 1. The zero-order chi connectivity index (χ0) is 11.7. The van der Waals surface area contributed by atoms with Crippen LogP contribution in [-0.4, -0.2) is 15.7 Å². The van der Waals surface area contributed by atoms with Crippen LogP contribution in [0.1, 0.15) is 23.2 Å². The highest BCUT2D eigenvalue weighted by molar-refractivity contribution is 7.98. The fourth-order valence-corrected chi connectivity index (χ4v) is 3.16. The highest BCUT2D eigenvalue weighted by Crippen LogP contribution is 2.32. The summed E-state index contributed by atoms with van der Waals surface area (Å²) < 4.78 is 0. The number of anilines is 1. The van der Waals surface area contributed by atoms with Crippen LogP contribution in [0.2, 0.25) is 0 Å². The molecular formula is C11H15N3S2. The third-order valence-corrected chi connectivity index (χ3v) is 4.51. The summed E-state index contributed by atoms with van der Waals surface area (Å²) >= 11 is 3.51. The number of thioether (sulfide) groups is 1. The van der Waals surface area contributed by atoms with E-state index in [-0.39, 0.29) is 0 Å². The van der Waals surface area contributed by atoms with Gasteiger partial charge in [-0.05, 0) is 25.2 Å². The van der Waals surface area contributed by atoms with Gasteiger partial charge in [0.25, 0.3) is 0 Å². The molecule has 2 aromatic heterocycles. The highest BCUT2D eigenvalue weighted by Gasteiger charge is 2.12. The number of hydrogen-bond acceptors (Lipinski definition) is 5. The first-order valence-corrected chi connectivity index (χ1v) is 7.20. The van der Waals surface area contributed by atoms with Crippen LogP contribution in [0.3, 0.4) is 0 Å². The molecule has 0 amide bonds. The van der Waals surface area contributed by atoms with E-state index in [9.17, 15) is 0 Å². The molecule has 0 aliphatic heterocycles. The molecule has 2 rings (SSSR count). The van der Waals surface area contributed by atoms with Gasteiger partial charge in [-0.3, -0.25) is 0 Å². The van der Waals surface area contributed by atoms with E-state index < -0.39 is 0 Å². The van der Waals surface area contributed by atoms with E-state index in [0.29, 0.717) is 5.82 Å². The number of thiophene rings is 1. The molecule has 0 aliphatic carbocycles. The van der Waals surface area contributed by atoms with Gasteiger partial charge in [0, 0.05) is 4.88 Å². The molecule has 3 nitrogen and oxygen atoms in total. The van der Waals surface area contributed by atoms with Gasteiger partial charge in [-0.1, -0.05) is 6.92 Å². The first-order chi connectivity index (χ1) is 7.63. The van der Waals surface area contributed by atoms with Gasteiger partial charge in [0.1, 0.15) is 16.5 Å². The molecule has 5 heteroatoms. The summed E-state index contributed by atoms with van der Waals surface area (Å²) in [5.74, 6) is 3.38. The Kier molecular flexibility index (Phi) is 3.35. The van der Waals surface area contributed by atoms with Crippen LogP contribution in [0.15, 0.2) is 0 Å². The maximum atomic E-state index is 5.99. The average molecular weight is 253 g/mol. The Hall–Kier alpha value is -0.810. The number of fused-ring (bicyclic) bond motifs is 1. The predicted octanol–water partition coefficient (Wildman–Crippen LogP) is 3.14. The van der Waals surface area contributed by atoms with Crippen molar-refractivity contribution in [3.63, 3.8) is 0 Å². The van der Waals surface area contributed by atoms with Gasteiger partial charge in [0.05, 0.1) is 11.1 Å². The minimum absolute atomic E-state index is 0.624. The molecule has 0 unspecified atom stereocenters. The van der Waals surface area contributed by atoms with E-state index in [1.54, 1.807) is 11.3 Å². The molecule has 2 aromatic rings. The molecule has 86 valence electrons. The third-order valence-electron chi connectivity index (χ3n) is 2.54. The van der Waals surface area contributed by atoms with Gasteiger partial charge in [-0.2, -0.15) is 11.8 Å². The summed E-state index contributed by atoms with van der Waals surface area (Å²) in [6.45, 7) is 6.31. The van der Waals surface area contributed by atoms with Crippen LogP contribution in [0.5, 0.6) is 0 Å². The van der Waals surface area contributed by atoms with Crippen molar-refractivity contribution >= 4 is 39.1 Å². The summed E-state index contributed by atoms with van der Waals surface area (Å²) in [6.07, 6.45) is 0. The minimum Gasteiger partial charge on any atom is -0.383 e. The van der Waals surface area contributed by atoms with Crippen molar-refractivity contribution in [1.82, 2.24) is 9.97 Å². The summed E-state index contributed by atoms with van der Waals surface area (Å²) in [5.41, 5.74) is 7.20. The summed E-state index contributed by atoms with van der Waals surface area (Å²) in [6, 6.07) is 0. The van der Waals surface area contributed by atoms with Crippen molar-refractivity contribution in [2.75, 3.05) is 11.5 Å². The summed E-state index contributed by atoms with van der Waals surface area (Å²) in [7, 11) is 0.